The zero-order valence-electron chi connectivity index (χ0n) is 14.6. The molecule has 132 valence electrons. The van der Waals surface area contributed by atoms with E-state index in [1.54, 1.807) is 6.26 Å². The number of aryl methyl sites for hydroxylation is 1. The summed E-state index contributed by atoms with van der Waals surface area (Å²) in [5, 5.41) is 6.70. The van der Waals surface area contributed by atoms with Crippen molar-refractivity contribution < 1.29 is 4.42 Å². The first-order valence-corrected chi connectivity index (χ1v) is 9.03. The minimum absolute atomic E-state index is 0.698. The van der Waals surface area contributed by atoms with Crippen molar-refractivity contribution in [2.45, 2.75) is 0 Å². The summed E-state index contributed by atoms with van der Waals surface area (Å²) in [6, 6.07) is 21.9. The van der Waals surface area contributed by atoms with Crippen LogP contribution in [0.5, 0.6) is 0 Å². The molecule has 0 fully saturated rings. The van der Waals surface area contributed by atoms with E-state index in [0.29, 0.717) is 5.02 Å². The van der Waals surface area contributed by atoms with Gasteiger partial charge in [0.05, 0.1) is 17.6 Å². The van der Waals surface area contributed by atoms with Crippen molar-refractivity contribution in [2.24, 2.45) is 7.05 Å². The van der Waals surface area contributed by atoms with Gasteiger partial charge in [-0.3, -0.25) is 0 Å². The highest BCUT2D eigenvalue weighted by molar-refractivity contribution is 6.30. The number of halogens is 1. The number of furan rings is 1. The van der Waals surface area contributed by atoms with Gasteiger partial charge in [0.15, 0.2) is 5.76 Å². The van der Waals surface area contributed by atoms with Gasteiger partial charge in [-0.15, -0.1) is 0 Å². The summed E-state index contributed by atoms with van der Waals surface area (Å²) >= 11 is 6.08. The number of hydrogen-bond donors (Lipinski definition) is 0. The van der Waals surface area contributed by atoms with Crippen molar-refractivity contribution in [1.82, 2.24) is 14.3 Å². The molecule has 0 aliphatic heterocycles. The van der Waals surface area contributed by atoms with Crippen LogP contribution in [0.2, 0.25) is 5.02 Å². The highest BCUT2D eigenvalue weighted by Crippen LogP contribution is 2.34. The molecule has 5 aromatic rings. The molecule has 0 aliphatic rings. The lowest BCUT2D eigenvalue weighted by molar-refractivity contribution is 0.579. The molecule has 27 heavy (non-hydrogen) atoms. The van der Waals surface area contributed by atoms with Gasteiger partial charge in [-0.1, -0.05) is 29.8 Å². The van der Waals surface area contributed by atoms with E-state index in [1.165, 1.54) is 10.9 Å². The smallest absolute Gasteiger partial charge is 0.154 e. The van der Waals surface area contributed by atoms with Crippen LogP contribution in [0.1, 0.15) is 0 Å². The van der Waals surface area contributed by atoms with Gasteiger partial charge in [0, 0.05) is 34.7 Å². The monoisotopic (exact) mass is 373 g/mol. The van der Waals surface area contributed by atoms with Crippen LogP contribution < -0.4 is 0 Å². The Morgan fingerprint density at radius 1 is 0.963 bits per heavy atom. The number of aromatic nitrogens is 3. The molecule has 0 atom stereocenters. The van der Waals surface area contributed by atoms with Gasteiger partial charge in [0.2, 0.25) is 0 Å². The third-order valence-corrected chi connectivity index (χ3v) is 4.98. The molecular weight excluding hydrogens is 358 g/mol. The van der Waals surface area contributed by atoms with Gasteiger partial charge in [-0.25, -0.2) is 4.68 Å². The van der Waals surface area contributed by atoms with E-state index in [4.69, 9.17) is 21.1 Å². The Labute approximate surface area is 161 Å². The molecule has 0 bridgehead atoms. The minimum Gasteiger partial charge on any atom is -0.463 e. The lowest BCUT2D eigenvalue weighted by Crippen LogP contribution is -1.98. The predicted molar refractivity (Wildman–Crippen MR) is 108 cm³/mol. The summed E-state index contributed by atoms with van der Waals surface area (Å²) in [5.41, 5.74) is 5.03. The standard InChI is InChI=1S/C22H16ClN3O/c1-25-14-18(17-5-2-3-6-20(17)25)21-13-19(22-7-4-12-27-22)24-26(21)16-10-8-15(23)9-11-16/h2-14H,1H3. The Hall–Kier alpha value is -3.24. The minimum atomic E-state index is 0.698. The van der Waals surface area contributed by atoms with Gasteiger partial charge < -0.3 is 8.98 Å². The van der Waals surface area contributed by atoms with Crippen molar-refractivity contribution in [3.8, 4) is 28.4 Å². The Morgan fingerprint density at radius 2 is 1.78 bits per heavy atom. The van der Waals surface area contributed by atoms with Crippen LogP contribution >= 0.6 is 11.6 Å². The summed E-state index contributed by atoms with van der Waals surface area (Å²) < 4.78 is 9.65. The first-order valence-electron chi connectivity index (χ1n) is 8.65. The fourth-order valence-electron chi connectivity index (χ4n) is 3.44. The number of fused-ring (bicyclic) bond motifs is 1. The van der Waals surface area contributed by atoms with Gasteiger partial charge in [0.25, 0.3) is 0 Å². The van der Waals surface area contributed by atoms with Crippen LogP contribution in [-0.2, 0) is 7.05 Å². The second-order valence-electron chi connectivity index (χ2n) is 6.45. The highest BCUT2D eigenvalue weighted by Gasteiger charge is 2.18. The molecule has 3 heterocycles. The van der Waals surface area contributed by atoms with E-state index < -0.39 is 0 Å². The highest BCUT2D eigenvalue weighted by atomic mass is 35.5. The van der Waals surface area contributed by atoms with Gasteiger partial charge in [-0.2, -0.15) is 5.10 Å². The summed E-state index contributed by atoms with van der Waals surface area (Å²) in [6.45, 7) is 0. The molecule has 3 aromatic heterocycles. The number of nitrogens with zero attached hydrogens (tertiary/aromatic N) is 3. The summed E-state index contributed by atoms with van der Waals surface area (Å²) in [4.78, 5) is 0. The normalized spacial score (nSPS) is 11.3. The lowest BCUT2D eigenvalue weighted by atomic mass is 10.1. The van der Waals surface area contributed by atoms with Crippen LogP contribution in [0.3, 0.4) is 0 Å². The van der Waals surface area contributed by atoms with Crippen LogP contribution in [0, 0.1) is 0 Å². The summed E-state index contributed by atoms with van der Waals surface area (Å²) in [7, 11) is 2.06. The molecule has 0 aliphatic carbocycles. The molecule has 4 nitrogen and oxygen atoms in total. The van der Waals surface area contributed by atoms with E-state index in [1.807, 2.05) is 41.1 Å². The SMILES string of the molecule is Cn1cc(-c2cc(-c3ccco3)nn2-c2ccc(Cl)cc2)c2ccccc21. The maximum Gasteiger partial charge on any atom is 0.154 e. The van der Waals surface area contributed by atoms with Crippen molar-refractivity contribution >= 4 is 22.5 Å². The van der Waals surface area contributed by atoms with E-state index in [2.05, 4.69) is 48.1 Å². The van der Waals surface area contributed by atoms with Crippen LogP contribution in [0.4, 0.5) is 0 Å². The van der Waals surface area contributed by atoms with Gasteiger partial charge in [0.1, 0.15) is 5.69 Å². The molecule has 5 heteroatoms. The van der Waals surface area contributed by atoms with Crippen molar-refractivity contribution in [3.63, 3.8) is 0 Å². The zero-order chi connectivity index (χ0) is 18.4. The van der Waals surface area contributed by atoms with Crippen LogP contribution in [-0.4, -0.2) is 14.3 Å². The van der Waals surface area contributed by atoms with Crippen LogP contribution in [0.15, 0.2) is 83.6 Å². The first-order chi connectivity index (χ1) is 13.2. The predicted octanol–water partition coefficient (Wildman–Crippen LogP) is 5.94. The molecule has 0 unspecified atom stereocenters. The van der Waals surface area contributed by atoms with Crippen LogP contribution in [0.25, 0.3) is 39.3 Å². The van der Waals surface area contributed by atoms with Gasteiger partial charge in [-0.05, 0) is 48.5 Å². The Bertz CT molecular complexity index is 1230. The molecule has 0 saturated carbocycles. The molecule has 5 rings (SSSR count). The quantitative estimate of drug-likeness (QED) is 0.392. The maximum absolute atomic E-state index is 6.08. The fraction of sp³-hybridized carbons (Fsp3) is 0.0455. The fourth-order valence-corrected chi connectivity index (χ4v) is 3.57. The molecule has 0 N–H and O–H groups in total. The van der Waals surface area contributed by atoms with Gasteiger partial charge >= 0.3 is 0 Å². The Kier molecular flexibility index (Phi) is 3.66. The summed E-state index contributed by atoms with van der Waals surface area (Å²) in [5.74, 6) is 0.740. The number of benzene rings is 2. The molecule has 0 spiro atoms. The number of rotatable bonds is 3. The first kappa shape index (κ1) is 16.0. The van der Waals surface area contributed by atoms with Crippen molar-refractivity contribution in [3.05, 3.63) is 84.2 Å². The largest absolute Gasteiger partial charge is 0.463 e. The number of para-hydroxylation sites is 1. The molecule has 0 amide bonds. The third kappa shape index (κ3) is 2.66. The molecule has 2 aromatic carbocycles. The second-order valence-corrected chi connectivity index (χ2v) is 6.89. The second kappa shape index (κ2) is 6.18. The van der Waals surface area contributed by atoms with Crippen molar-refractivity contribution in [2.75, 3.05) is 0 Å². The van der Waals surface area contributed by atoms with E-state index in [9.17, 15) is 0 Å². The lowest BCUT2D eigenvalue weighted by Gasteiger charge is -2.07. The van der Waals surface area contributed by atoms with E-state index in [0.717, 1.165) is 28.4 Å². The maximum atomic E-state index is 6.08. The molecule has 0 saturated heterocycles. The zero-order valence-corrected chi connectivity index (χ0v) is 15.4. The topological polar surface area (TPSA) is 35.9 Å². The van der Waals surface area contributed by atoms with E-state index >= 15 is 0 Å². The number of hydrogen-bond acceptors (Lipinski definition) is 2. The van der Waals surface area contributed by atoms with Crippen molar-refractivity contribution in [1.29, 1.82) is 0 Å². The Balaban J connectivity index is 1.78. The molecular formula is C22H16ClN3O. The third-order valence-electron chi connectivity index (χ3n) is 4.73. The average Bonchev–Trinajstić information content (AvgIpc) is 3.41. The Morgan fingerprint density at radius 3 is 2.56 bits per heavy atom. The summed E-state index contributed by atoms with van der Waals surface area (Å²) in [6.07, 6.45) is 3.80. The average molecular weight is 374 g/mol. The molecule has 0 radical (unpaired) electrons. The van der Waals surface area contributed by atoms with E-state index in [-0.39, 0.29) is 0 Å².